The van der Waals surface area contributed by atoms with Crippen LogP contribution in [0.5, 0.6) is 0 Å². The van der Waals surface area contributed by atoms with Gasteiger partial charge in [0.25, 0.3) is 0 Å². The first-order chi connectivity index (χ1) is 10.5. The van der Waals surface area contributed by atoms with E-state index in [9.17, 15) is 5.11 Å². The summed E-state index contributed by atoms with van der Waals surface area (Å²) in [6.45, 7) is 1.89. The Balaban J connectivity index is 0. The van der Waals surface area contributed by atoms with E-state index in [1.807, 2.05) is 0 Å². The highest BCUT2D eigenvalue weighted by molar-refractivity contribution is 5.61. The van der Waals surface area contributed by atoms with Gasteiger partial charge in [-0.1, -0.05) is 71.1 Å². The Morgan fingerprint density at radius 2 is 1.23 bits per heavy atom. The summed E-state index contributed by atoms with van der Waals surface area (Å²) < 4.78 is 0. The first-order valence-electron chi connectivity index (χ1n) is 8.41. The third kappa shape index (κ3) is 21.4. The van der Waals surface area contributed by atoms with Crippen molar-refractivity contribution in [2.24, 2.45) is 5.73 Å². The molecule has 0 aliphatic carbocycles. The fraction of sp³-hybridized carbons (Fsp3) is 0.938. The lowest BCUT2D eigenvalue weighted by Crippen LogP contribution is -2.28. The number of hydrogen-bond donors (Lipinski definition) is 5. The number of unbranched alkanes of at least 4 members (excludes halogenated alkanes) is 9. The normalized spacial score (nSPS) is 13.1. The first kappa shape index (κ1) is 23.4. The van der Waals surface area contributed by atoms with Crippen LogP contribution in [0.15, 0.2) is 0 Å². The number of aliphatic hydroxyl groups excluding tert-OH is 3. The molecule has 0 fully saturated rings. The van der Waals surface area contributed by atoms with E-state index < -0.39 is 18.3 Å². The van der Waals surface area contributed by atoms with E-state index in [4.69, 9.17) is 20.1 Å². The van der Waals surface area contributed by atoms with E-state index in [1.165, 1.54) is 51.4 Å². The molecule has 6 N–H and O–H groups in total. The molecule has 2 unspecified atom stereocenters. The van der Waals surface area contributed by atoms with Gasteiger partial charge in [0.2, 0.25) is 0 Å². The summed E-state index contributed by atoms with van der Waals surface area (Å²) in [5.74, 6) is 0. The number of carbonyl (C=O) groups is 1. The average Bonchev–Trinajstić information content (AvgIpc) is 2.47. The second kappa shape index (κ2) is 18.2. The Hall–Kier alpha value is -0.850. The molecule has 6 heteroatoms. The van der Waals surface area contributed by atoms with Crippen molar-refractivity contribution in [1.29, 1.82) is 0 Å². The predicted octanol–water partition coefficient (Wildman–Crippen LogP) is 2.63. The van der Waals surface area contributed by atoms with Crippen LogP contribution in [-0.2, 0) is 0 Å². The molecule has 0 spiro atoms. The zero-order valence-corrected chi connectivity index (χ0v) is 13.9. The second-order valence-corrected chi connectivity index (χ2v) is 5.63. The van der Waals surface area contributed by atoms with Crippen LogP contribution >= 0.6 is 0 Å². The van der Waals surface area contributed by atoms with Gasteiger partial charge in [0.15, 0.2) is 0 Å². The molecule has 0 saturated heterocycles. The number of hydrogen-bond acceptors (Lipinski definition) is 4. The van der Waals surface area contributed by atoms with Gasteiger partial charge in [0.05, 0.1) is 12.7 Å². The Kier molecular flexibility index (Phi) is 19.4. The van der Waals surface area contributed by atoms with Crippen LogP contribution in [0.1, 0.15) is 77.6 Å². The van der Waals surface area contributed by atoms with Crippen molar-refractivity contribution in [2.45, 2.75) is 89.8 Å². The van der Waals surface area contributed by atoms with E-state index in [0.717, 1.165) is 12.8 Å². The fourth-order valence-corrected chi connectivity index (χ4v) is 2.15. The van der Waals surface area contributed by atoms with Crippen molar-refractivity contribution < 1.29 is 25.2 Å². The van der Waals surface area contributed by atoms with Gasteiger partial charge >= 0.3 is 6.09 Å². The molecule has 0 heterocycles. The van der Waals surface area contributed by atoms with Crippen LogP contribution in [0.25, 0.3) is 0 Å². The zero-order chi connectivity index (χ0) is 17.2. The lowest BCUT2D eigenvalue weighted by Gasteiger charge is -2.14. The van der Waals surface area contributed by atoms with Gasteiger partial charge in [0, 0.05) is 0 Å². The SMILES string of the molecule is CCCCCCCCCCCCC(O)C(O)CO.NC(=O)O. The Bertz CT molecular complexity index is 235. The number of rotatable bonds is 13. The highest BCUT2D eigenvalue weighted by Gasteiger charge is 2.13. The topological polar surface area (TPSA) is 124 Å². The van der Waals surface area contributed by atoms with Crippen LogP contribution in [0.2, 0.25) is 0 Å². The second-order valence-electron chi connectivity index (χ2n) is 5.63. The molecule has 0 radical (unpaired) electrons. The molecule has 6 nitrogen and oxygen atoms in total. The van der Waals surface area contributed by atoms with Crippen LogP contribution < -0.4 is 5.73 Å². The molecule has 0 rings (SSSR count). The maximum absolute atomic E-state index is 9.43. The summed E-state index contributed by atoms with van der Waals surface area (Å²) in [5.41, 5.74) is 4.03. The lowest BCUT2D eigenvalue weighted by molar-refractivity contribution is -0.0185. The van der Waals surface area contributed by atoms with Crippen LogP contribution in [0, 0.1) is 0 Å². The van der Waals surface area contributed by atoms with E-state index >= 15 is 0 Å². The Labute approximate surface area is 134 Å². The molecule has 0 aliphatic rings. The molecule has 1 amide bonds. The number of nitrogens with two attached hydrogens (primary N) is 1. The highest BCUT2D eigenvalue weighted by atomic mass is 16.4. The van der Waals surface area contributed by atoms with Crippen LogP contribution in [-0.4, -0.2) is 45.3 Å². The van der Waals surface area contributed by atoms with Gasteiger partial charge in [-0.15, -0.1) is 0 Å². The summed E-state index contributed by atoms with van der Waals surface area (Å²) in [7, 11) is 0. The molecule has 0 aromatic rings. The monoisotopic (exact) mass is 321 g/mol. The van der Waals surface area contributed by atoms with Gasteiger partial charge in [-0.05, 0) is 6.42 Å². The minimum absolute atomic E-state index is 0.348. The number of aliphatic hydroxyl groups is 3. The minimum Gasteiger partial charge on any atom is -0.465 e. The molecule has 0 aliphatic heterocycles. The molecule has 22 heavy (non-hydrogen) atoms. The van der Waals surface area contributed by atoms with Crippen molar-refractivity contribution in [3.63, 3.8) is 0 Å². The van der Waals surface area contributed by atoms with E-state index in [-0.39, 0.29) is 6.61 Å². The Morgan fingerprint density at radius 3 is 1.59 bits per heavy atom. The van der Waals surface area contributed by atoms with Gasteiger partial charge in [-0.25, -0.2) is 4.79 Å². The molecular formula is C16H35NO5. The summed E-state index contributed by atoms with van der Waals surface area (Å²) in [5, 5.41) is 34.5. The molecule has 134 valence electrons. The van der Waals surface area contributed by atoms with E-state index in [1.54, 1.807) is 0 Å². The molecule has 0 aromatic heterocycles. The molecule has 0 aromatic carbocycles. The largest absolute Gasteiger partial charge is 0.465 e. The summed E-state index contributed by atoms with van der Waals surface area (Å²) in [4.78, 5) is 8.78. The number of carboxylic acid groups (broad SMARTS) is 1. The van der Waals surface area contributed by atoms with Crippen molar-refractivity contribution in [3.05, 3.63) is 0 Å². The Morgan fingerprint density at radius 1 is 0.864 bits per heavy atom. The van der Waals surface area contributed by atoms with Gasteiger partial charge < -0.3 is 26.2 Å². The minimum atomic E-state index is -1.33. The maximum atomic E-state index is 9.43. The maximum Gasteiger partial charge on any atom is 0.402 e. The van der Waals surface area contributed by atoms with Crippen LogP contribution in [0.3, 0.4) is 0 Å². The summed E-state index contributed by atoms with van der Waals surface area (Å²) in [6.07, 6.45) is 10.2. The van der Waals surface area contributed by atoms with Gasteiger partial charge in [-0.2, -0.15) is 0 Å². The summed E-state index contributed by atoms with van der Waals surface area (Å²) in [6, 6.07) is 0. The molecule has 0 bridgehead atoms. The van der Waals surface area contributed by atoms with Crippen molar-refractivity contribution in [1.82, 2.24) is 0 Å². The van der Waals surface area contributed by atoms with E-state index in [2.05, 4.69) is 12.7 Å². The van der Waals surface area contributed by atoms with Gasteiger partial charge in [-0.3, -0.25) is 0 Å². The van der Waals surface area contributed by atoms with Gasteiger partial charge in [0.1, 0.15) is 6.10 Å². The lowest BCUT2D eigenvalue weighted by atomic mass is 10.0. The third-order valence-electron chi connectivity index (χ3n) is 3.48. The summed E-state index contributed by atoms with van der Waals surface area (Å²) >= 11 is 0. The number of amides is 1. The first-order valence-corrected chi connectivity index (χ1v) is 8.41. The van der Waals surface area contributed by atoms with Crippen molar-refractivity contribution >= 4 is 6.09 Å². The third-order valence-corrected chi connectivity index (χ3v) is 3.48. The highest BCUT2D eigenvalue weighted by Crippen LogP contribution is 2.12. The zero-order valence-electron chi connectivity index (χ0n) is 13.9. The molecule has 2 atom stereocenters. The van der Waals surface area contributed by atoms with E-state index in [0.29, 0.717) is 6.42 Å². The smallest absolute Gasteiger partial charge is 0.402 e. The quantitative estimate of drug-likeness (QED) is 0.334. The number of primary amides is 1. The fourth-order valence-electron chi connectivity index (χ4n) is 2.15. The van der Waals surface area contributed by atoms with Crippen molar-refractivity contribution in [3.8, 4) is 0 Å². The predicted molar refractivity (Wildman–Crippen MR) is 87.8 cm³/mol. The molecular weight excluding hydrogens is 286 g/mol. The average molecular weight is 321 g/mol. The molecule has 0 saturated carbocycles. The standard InChI is InChI=1S/C15H32O3.CH3NO2/c1-2-3-4-5-6-7-8-9-10-11-12-14(17)15(18)13-16;2-1(3)4/h14-18H,2-13H2,1H3;2H2,(H,3,4). The van der Waals surface area contributed by atoms with Crippen LogP contribution in [0.4, 0.5) is 4.79 Å². The van der Waals surface area contributed by atoms with Crippen molar-refractivity contribution in [2.75, 3.05) is 6.61 Å².